The van der Waals surface area contributed by atoms with Crippen molar-refractivity contribution < 1.29 is 27.0 Å². The van der Waals surface area contributed by atoms with Crippen molar-refractivity contribution in [2.45, 2.75) is 37.9 Å². The number of benzene rings is 1. The van der Waals surface area contributed by atoms with Crippen LogP contribution in [0.2, 0.25) is 0 Å². The first-order chi connectivity index (χ1) is 9.57. The molecular formula is C13H21O6PS. The largest absolute Gasteiger partial charge is 0.356 e. The van der Waals surface area contributed by atoms with E-state index in [9.17, 15) is 22.8 Å². The van der Waals surface area contributed by atoms with Crippen LogP contribution in [0.25, 0.3) is 0 Å². The van der Waals surface area contributed by atoms with Gasteiger partial charge in [-0.3, -0.25) is 8.75 Å². The average Bonchev–Trinajstić information content (AvgIpc) is 2.38. The molecule has 0 fully saturated rings. The Morgan fingerprint density at radius 2 is 1.67 bits per heavy atom. The molecule has 0 amide bonds. The van der Waals surface area contributed by atoms with Gasteiger partial charge in [0, 0.05) is 5.41 Å². The zero-order chi connectivity index (χ0) is 16.3. The van der Waals surface area contributed by atoms with E-state index in [0.717, 1.165) is 6.26 Å². The second-order valence-electron chi connectivity index (χ2n) is 4.97. The molecule has 0 saturated heterocycles. The van der Waals surface area contributed by atoms with Gasteiger partial charge in [0.25, 0.3) is 10.1 Å². The van der Waals surface area contributed by atoms with Crippen LogP contribution in [0.15, 0.2) is 30.3 Å². The van der Waals surface area contributed by atoms with Gasteiger partial charge in [-0.25, -0.2) is 0 Å². The van der Waals surface area contributed by atoms with E-state index in [-0.39, 0.29) is 0 Å². The lowest BCUT2D eigenvalue weighted by molar-refractivity contribution is 0.138. The molecule has 0 aliphatic heterocycles. The fourth-order valence-corrected chi connectivity index (χ4v) is 5.15. The SMILES string of the molecule is CCC(CC)(c1ccccc1)C(OS(C)(=O)=O)P(=O)(O)O. The molecule has 0 aromatic heterocycles. The van der Waals surface area contributed by atoms with Gasteiger partial charge in [0.05, 0.1) is 6.26 Å². The normalized spacial score (nSPS) is 14.9. The second kappa shape index (κ2) is 6.58. The molecule has 120 valence electrons. The first-order valence-electron chi connectivity index (χ1n) is 6.56. The van der Waals surface area contributed by atoms with Crippen molar-refractivity contribution in [2.75, 3.05) is 6.26 Å². The Hall–Kier alpha value is -0.720. The molecule has 0 radical (unpaired) electrons. The van der Waals surface area contributed by atoms with Gasteiger partial charge in [-0.15, -0.1) is 0 Å². The Kier molecular flexibility index (Phi) is 5.75. The maximum absolute atomic E-state index is 11.9. The van der Waals surface area contributed by atoms with Crippen molar-refractivity contribution in [1.82, 2.24) is 0 Å². The Balaban J connectivity index is 3.50. The fraction of sp³-hybridized carbons (Fsp3) is 0.538. The average molecular weight is 336 g/mol. The van der Waals surface area contributed by atoms with Crippen LogP contribution in [0.4, 0.5) is 0 Å². The molecule has 0 saturated carbocycles. The van der Waals surface area contributed by atoms with Gasteiger partial charge >= 0.3 is 7.60 Å². The minimum atomic E-state index is -4.79. The van der Waals surface area contributed by atoms with Crippen molar-refractivity contribution in [3.05, 3.63) is 35.9 Å². The Morgan fingerprint density at radius 1 is 1.19 bits per heavy atom. The molecule has 2 N–H and O–H groups in total. The third kappa shape index (κ3) is 4.37. The maximum Gasteiger partial charge on any atom is 0.356 e. The van der Waals surface area contributed by atoms with Gasteiger partial charge in [-0.05, 0) is 18.4 Å². The van der Waals surface area contributed by atoms with E-state index >= 15 is 0 Å². The summed E-state index contributed by atoms with van der Waals surface area (Å²) < 4.78 is 39.5. The molecule has 1 atom stereocenters. The molecule has 0 heterocycles. The highest BCUT2D eigenvalue weighted by Gasteiger charge is 2.50. The standard InChI is InChI=1S/C13H21O6PS/c1-4-13(5-2,11-9-7-6-8-10-11)12(20(14,15)16)19-21(3,17)18/h6-10,12H,4-5H2,1-3H3,(H2,14,15,16). The summed E-state index contributed by atoms with van der Waals surface area (Å²) >= 11 is 0. The highest BCUT2D eigenvalue weighted by atomic mass is 32.2. The van der Waals surface area contributed by atoms with Crippen LogP contribution in [-0.2, 0) is 24.3 Å². The van der Waals surface area contributed by atoms with E-state index in [0.29, 0.717) is 18.4 Å². The lowest BCUT2D eigenvalue weighted by Gasteiger charge is -2.39. The van der Waals surface area contributed by atoms with Gasteiger partial charge in [-0.1, -0.05) is 44.2 Å². The van der Waals surface area contributed by atoms with E-state index in [1.807, 2.05) is 0 Å². The molecule has 21 heavy (non-hydrogen) atoms. The summed E-state index contributed by atoms with van der Waals surface area (Å²) in [6.45, 7) is 3.51. The molecule has 0 aliphatic rings. The van der Waals surface area contributed by atoms with Crippen LogP contribution in [0.3, 0.4) is 0 Å². The fourth-order valence-electron chi connectivity index (χ4n) is 2.56. The summed E-state index contributed by atoms with van der Waals surface area (Å²) in [6, 6.07) is 8.71. The predicted octanol–water partition coefficient (Wildman–Crippen LogP) is 2.22. The van der Waals surface area contributed by atoms with E-state index in [1.54, 1.807) is 44.2 Å². The molecule has 1 aromatic carbocycles. The van der Waals surface area contributed by atoms with E-state index in [4.69, 9.17) is 4.18 Å². The second-order valence-corrected chi connectivity index (χ2v) is 8.22. The van der Waals surface area contributed by atoms with Gasteiger partial charge < -0.3 is 9.79 Å². The third-order valence-electron chi connectivity index (χ3n) is 3.65. The molecule has 1 aromatic rings. The maximum atomic E-state index is 11.9. The molecule has 6 nitrogen and oxygen atoms in total. The van der Waals surface area contributed by atoms with Crippen molar-refractivity contribution in [3.63, 3.8) is 0 Å². The van der Waals surface area contributed by atoms with Gasteiger partial charge in [0.2, 0.25) is 0 Å². The summed E-state index contributed by atoms with van der Waals surface area (Å²) in [5.41, 5.74) is -0.435. The first-order valence-corrected chi connectivity index (χ1v) is 10.1. The molecule has 1 rings (SSSR count). The van der Waals surface area contributed by atoms with Crippen LogP contribution in [0.1, 0.15) is 32.3 Å². The topological polar surface area (TPSA) is 101 Å². The number of hydrogen-bond acceptors (Lipinski definition) is 4. The van der Waals surface area contributed by atoms with Gasteiger partial charge in [-0.2, -0.15) is 8.42 Å². The zero-order valence-electron chi connectivity index (χ0n) is 12.3. The van der Waals surface area contributed by atoms with Crippen LogP contribution in [0, 0.1) is 0 Å². The highest BCUT2D eigenvalue weighted by Crippen LogP contribution is 2.54. The Morgan fingerprint density at radius 3 is 2.00 bits per heavy atom. The van der Waals surface area contributed by atoms with Crippen molar-refractivity contribution in [1.29, 1.82) is 0 Å². The zero-order valence-corrected chi connectivity index (χ0v) is 14.0. The monoisotopic (exact) mass is 336 g/mol. The summed E-state index contributed by atoms with van der Waals surface area (Å²) in [6.07, 6.45) is 1.45. The molecule has 0 spiro atoms. The Bertz CT molecular complexity index is 603. The van der Waals surface area contributed by atoms with Crippen LogP contribution < -0.4 is 0 Å². The summed E-state index contributed by atoms with van der Waals surface area (Å²) in [7, 11) is -8.80. The molecule has 0 aliphatic carbocycles. The number of rotatable bonds is 7. The smallest absolute Gasteiger partial charge is 0.323 e. The summed E-state index contributed by atoms with van der Waals surface area (Å²) in [5.74, 6) is -1.74. The van der Waals surface area contributed by atoms with Crippen LogP contribution in [0.5, 0.6) is 0 Å². The predicted molar refractivity (Wildman–Crippen MR) is 80.5 cm³/mol. The third-order valence-corrected chi connectivity index (χ3v) is 5.55. The minimum absolute atomic E-state index is 0.332. The quantitative estimate of drug-likeness (QED) is 0.585. The Labute approximate surface area is 125 Å². The van der Waals surface area contributed by atoms with Crippen LogP contribution in [-0.4, -0.2) is 30.3 Å². The summed E-state index contributed by atoms with van der Waals surface area (Å²) in [4.78, 5) is 19.2. The van der Waals surface area contributed by atoms with Crippen molar-refractivity contribution >= 4 is 17.7 Å². The van der Waals surface area contributed by atoms with Crippen molar-refractivity contribution in [2.24, 2.45) is 0 Å². The molecule has 0 bridgehead atoms. The lowest BCUT2D eigenvalue weighted by atomic mass is 9.76. The van der Waals surface area contributed by atoms with Crippen LogP contribution >= 0.6 is 7.60 Å². The minimum Gasteiger partial charge on any atom is -0.323 e. The van der Waals surface area contributed by atoms with Gasteiger partial charge in [0.15, 0.2) is 5.85 Å². The van der Waals surface area contributed by atoms with Gasteiger partial charge in [0.1, 0.15) is 0 Å². The summed E-state index contributed by atoms with van der Waals surface area (Å²) in [5, 5.41) is 0. The number of hydrogen-bond donors (Lipinski definition) is 2. The van der Waals surface area contributed by atoms with E-state index in [1.165, 1.54) is 0 Å². The van der Waals surface area contributed by atoms with Crippen molar-refractivity contribution in [3.8, 4) is 0 Å². The highest BCUT2D eigenvalue weighted by molar-refractivity contribution is 7.86. The van der Waals surface area contributed by atoms with E-state index < -0.39 is 29.0 Å². The molecule has 1 unspecified atom stereocenters. The first kappa shape index (κ1) is 18.3. The molecular weight excluding hydrogens is 315 g/mol. The lowest BCUT2D eigenvalue weighted by Crippen LogP contribution is -2.41. The van der Waals surface area contributed by atoms with E-state index in [2.05, 4.69) is 0 Å². The molecule has 8 heteroatoms.